The molecule has 236 valence electrons. The van der Waals surface area contributed by atoms with E-state index in [1.54, 1.807) is 0 Å². The first-order valence-corrected chi connectivity index (χ1v) is 16.8. The summed E-state index contributed by atoms with van der Waals surface area (Å²) in [6, 6.07) is -1.31. The van der Waals surface area contributed by atoms with Crippen LogP contribution in [0, 0.1) is 5.92 Å². The van der Waals surface area contributed by atoms with E-state index in [1.807, 2.05) is 13.8 Å². The molecule has 2 atom stereocenters. The molecule has 8 nitrogen and oxygen atoms in total. The number of hydrogen-bond acceptors (Lipinski definition) is 3. The highest BCUT2D eigenvalue weighted by Crippen LogP contribution is 2.14. The molecule has 0 aliphatic carbocycles. The highest BCUT2D eigenvalue weighted by Gasteiger charge is 2.25. The number of hydrogen-bond donors (Lipinski definition) is 5. The quantitative estimate of drug-likeness (QED) is 0.0636. The number of carbonyl (C=O) groups excluding carboxylic acids is 3. The Hall–Kier alpha value is -1.99. The van der Waals surface area contributed by atoms with Crippen molar-refractivity contribution in [1.82, 2.24) is 21.3 Å². The zero-order valence-electron chi connectivity index (χ0n) is 26.4. The van der Waals surface area contributed by atoms with Gasteiger partial charge in [-0.25, -0.2) is 9.59 Å². The number of urea groups is 2. The summed E-state index contributed by atoms with van der Waals surface area (Å²) in [6.45, 7) is 8.11. The number of primary amides is 1. The highest BCUT2D eigenvalue weighted by molar-refractivity contribution is 5.87. The van der Waals surface area contributed by atoms with Gasteiger partial charge in [-0.05, 0) is 25.2 Å². The fourth-order valence-corrected chi connectivity index (χ4v) is 4.91. The Balaban J connectivity index is 3.77. The van der Waals surface area contributed by atoms with Gasteiger partial charge in [-0.15, -0.1) is 0 Å². The summed E-state index contributed by atoms with van der Waals surface area (Å²) < 4.78 is 0. The lowest BCUT2D eigenvalue weighted by Crippen LogP contribution is -2.53. The fraction of sp³-hybridized carbons (Fsp3) is 0.906. The van der Waals surface area contributed by atoms with Crippen LogP contribution < -0.4 is 27.0 Å². The van der Waals surface area contributed by atoms with Crippen molar-refractivity contribution >= 4 is 18.0 Å². The molecular weight excluding hydrogens is 502 g/mol. The fourth-order valence-electron chi connectivity index (χ4n) is 4.91. The predicted octanol–water partition coefficient (Wildman–Crippen LogP) is 7.31. The van der Waals surface area contributed by atoms with E-state index in [0.29, 0.717) is 19.6 Å². The van der Waals surface area contributed by atoms with Crippen LogP contribution in [0.3, 0.4) is 0 Å². The second kappa shape index (κ2) is 28.5. The maximum absolute atomic E-state index is 12.8. The van der Waals surface area contributed by atoms with Crippen molar-refractivity contribution in [3.8, 4) is 0 Å². The zero-order chi connectivity index (χ0) is 29.7. The van der Waals surface area contributed by atoms with Crippen LogP contribution in [0.25, 0.3) is 0 Å². The summed E-state index contributed by atoms with van der Waals surface area (Å²) in [4.78, 5) is 35.8. The third-order valence-electron chi connectivity index (χ3n) is 7.80. The molecule has 0 heterocycles. The first-order chi connectivity index (χ1) is 19.4. The van der Waals surface area contributed by atoms with Gasteiger partial charge in [0.15, 0.2) is 0 Å². The van der Waals surface area contributed by atoms with Gasteiger partial charge in [0.1, 0.15) is 6.04 Å². The van der Waals surface area contributed by atoms with E-state index in [0.717, 1.165) is 44.9 Å². The molecule has 0 aromatic rings. The molecule has 0 saturated heterocycles. The average molecular weight is 568 g/mol. The smallest absolute Gasteiger partial charge is 0.315 e. The second-order valence-electron chi connectivity index (χ2n) is 11.6. The molecule has 0 fully saturated rings. The lowest BCUT2D eigenvalue weighted by Gasteiger charge is -2.23. The summed E-state index contributed by atoms with van der Waals surface area (Å²) in [6.07, 6.45) is 25.8. The van der Waals surface area contributed by atoms with Gasteiger partial charge in [0.25, 0.3) is 0 Å². The zero-order valence-corrected chi connectivity index (χ0v) is 26.4. The van der Waals surface area contributed by atoms with E-state index in [2.05, 4.69) is 28.2 Å². The van der Waals surface area contributed by atoms with Gasteiger partial charge in [0.2, 0.25) is 5.91 Å². The van der Waals surface area contributed by atoms with Gasteiger partial charge in [0, 0.05) is 19.6 Å². The number of nitrogens with two attached hydrogens (primary N) is 1. The van der Waals surface area contributed by atoms with Gasteiger partial charge in [-0.1, -0.05) is 136 Å². The van der Waals surface area contributed by atoms with Crippen molar-refractivity contribution < 1.29 is 14.4 Å². The molecule has 0 rings (SSSR count). The summed E-state index contributed by atoms with van der Waals surface area (Å²) in [5.74, 6) is -0.0262. The average Bonchev–Trinajstić information content (AvgIpc) is 2.94. The molecule has 0 saturated carbocycles. The SMILES string of the molecule is CCCCCCCCCCCCCCCCCCNC(=O)[C@@H](NC(=O)NCCCCCCNC(N)=O)[C@@H](C)CC. The van der Waals surface area contributed by atoms with Gasteiger partial charge >= 0.3 is 12.1 Å². The molecule has 0 aliphatic rings. The Labute approximate surface area is 246 Å². The van der Waals surface area contributed by atoms with Crippen LogP contribution >= 0.6 is 0 Å². The van der Waals surface area contributed by atoms with Crippen LogP contribution in [0.1, 0.15) is 156 Å². The molecule has 0 spiro atoms. The van der Waals surface area contributed by atoms with Crippen LogP contribution in [0.15, 0.2) is 0 Å². The molecule has 0 radical (unpaired) electrons. The van der Waals surface area contributed by atoms with Crippen molar-refractivity contribution in [2.75, 3.05) is 19.6 Å². The maximum atomic E-state index is 12.8. The largest absolute Gasteiger partial charge is 0.354 e. The van der Waals surface area contributed by atoms with E-state index in [1.165, 1.54) is 89.9 Å². The van der Waals surface area contributed by atoms with E-state index < -0.39 is 12.1 Å². The van der Waals surface area contributed by atoms with Gasteiger partial charge in [-0.2, -0.15) is 0 Å². The number of unbranched alkanes of at least 4 members (excludes halogenated alkanes) is 18. The first-order valence-electron chi connectivity index (χ1n) is 16.8. The minimum absolute atomic E-state index is 0.0642. The Morgan fingerprint density at radius 2 is 0.925 bits per heavy atom. The third-order valence-corrected chi connectivity index (χ3v) is 7.80. The monoisotopic (exact) mass is 568 g/mol. The lowest BCUT2D eigenvalue weighted by molar-refractivity contribution is -0.124. The Morgan fingerprint density at radius 3 is 1.32 bits per heavy atom. The van der Waals surface area contributed by atoms with E-state index >= 15 is 0 Å². The van der Waals surface area contributed by atoms with Crippen LogP contribution in [0.2, 0.25) is 0 Å². The summed E-state index contributed by atoms with van der Waals surface area (Å²) in [7, 11) is 0. The molecule has 8 heteroatoms. The van der Waals surface area contributed by atoms with Gasteiger partial charge < -0.3 is 27.0 Å². The molecule has 0 unspecified atom stereocenters. The molecule has 6 N–H and O–H groups in total. The number of carbonyl (C=O) groups is 3. The predicted molar refractivity (Wildman–Crippen MR) is 168 cm³/mol. The third kappa shape index (κ3) is 25.0. The summed E-state index contributed by atoms with van der Waals surface area (Å²) in [5.41, 5.74) is 5.04. The number of rotatable bonds is 28. The molecule has 0 aromatic carbocycles. The normalized spacial score (nSPS) is 12.5. The van der Waals surface area contributed by atoms with Crippen LogP contribution in [0.4, 0.5) is 9.59 Å². The van der Waals surface area contributed by atoms with Crippen LogP contribution in [-0.4, -0.2) is 43.6 Å². The topological polar surface area (TPSA) is 125 Å². The number of nitrogens with one attached hydrogen (secondary N) is 4. The van der Waals surface area contributed by atoms with E-state index in [9.17, 15) is 14.4 Å². The van der Waals surface area contributed by atoms with Crippen LogP contribution in [-0.2, 0) is 4.79 Å². The Morgan fingerprint density at radius 1 is 0.550 bits per heavy atom. The lowest BCUT2D eigenvalue weighted by atomic mass is 9.98. The second-order valence-corrected chi connectivity index (χ2v) is 11.6. The first kappa shape index (κ1) is 38.0. The van der Waals surface area contributed by atoms with Gasteiger partial charge in [-0.3, -0.25) is 4.79 Å². The van der Waals surface area contributed by atoms with Gasteiger partial charge in [0.05, 0.1) is 0 Å². The molecular formula is C32H65N5O3. The van der Waals surface area contributed by atoms with Crippen molar-refractivity contribution in [3.05, 3.63) is 0 Å². The van der Waals surface area contributed by atoms with E-state index in [-0.39, 0.29) is 17.9 Å². The minimum atomic E-state index is -0.522. The summed E-state index contributed by atoms with van der Waals surface area (Å²) in [5, 5.41) is 11.3. The molecule has 0 aliphatic heterocycles. The Bertz CT molecular complexity index is 617. The van der Waals surface area contributed by atoms with E-state index in [4.69, 9.17) is 5.73 Å². The standard InChI is InChI=1S/C32H65N5O3/c1-4-6-7-8-9-10-11-12-13-14-15-16-17-18-19-22-25-34-30(38)29(28(3)5-2)37-32(40)36-27-24-21-20-23-26-35-31(33)39/h28-29H,4-27H2,1-3H3,(H,34,38)(H3,33,35,39)(H2,36,37,40)/t28-,29-/m0/s1. The van der Waals surface area contributed by atoms with Crippen molar-refractivity contribution in [3.63, 3.8) is 0 Å². The Kier molecular flexibility index (Phi) is 27.1. The number of amides is 5. The van der Waals surface area contributed by atoms with Crippen LogP contribution in [0.5, 0.6) is 0 Å². The maximum Gasteiger partial charge on any atom is 0.315 e. The molecule has 0 aromatic heterocycles. The highest BCUT2D eigenvalue weighted by atomic mass is 16.2. The minimum Gasteiger partial charge on any atom is -0.354 e. The molecule has 40 heavy (non-hydrogen) atoms. The summed E-state index contributed by atoms with van der Waals surface area (Å²) >= 11 is 0. The van der Waals surface area contributed by atoms with Crippen molar-refractivity contribution in [2.24, 2.45) is 11.7 Å². The molecule has 0 bridgehead atoms. The molecule has 5 amide bonds. The van der Waals surface area contributed by atoms with Crippen molar-refractivity contribution in [1.29, 1.82) is 0 Å². The van der Waals surface area contributed by atoms with Crippen molar-refractivity contribution in [2.45, 2.75) is 162 Å².